The fourth-order valence-corrected chi connectivity index (χ4v) is 4.47. The molecular weight excluding hydrogens is 382 g/mol. The van der Waals surface area contributed by atoms with E-state index in [0.29, 0.717) is 5.75 Å². The minimum absolute atomic E-state index is 0.0246. The van der Waals surface area contributed by atoms with Crippen molar-refractivity contribution in [3.63, 3.8) is 0 Å². The van der Waals surface area contributed by atoms with E-state index in [9.17, 15) is 18.3 Å². The summed E-state index contributed by atoms with van der Waals surface area (Å²) in [6, 6.07) is 4.53. The third-order valence-electron chi connectivity index (χ3n) is 3.63. The second-order valence-electron chi connectivity index (χ2n) is 6.00. The van der Waals surface area contributed by atoms with Crippen molar-refractivity contribution in [1.82, 2.24) is 4.72 Å². The van der Waals surface area contributed by atoms with Gasteiger partial charge in [0.05, 0.1) is 31.8 Å². The van der Waals surface area contributed by atoms with Gasteiger partial charge in [-0.15, -0.1) is 0 Å². The van der Waals surface area contributed by atoms with Crippen molar-refractivity contribution in [1.29, 1.82) is 0 Å². The normalized spacial score (nSPS) is 14.5. The first-order chi connectivity index (χ1) is 12.1. The summed E-state index contributed by atoms with van der Waals surface area (Å²) in [5.74, 6) is -0.123. The Morgan fingerprint density at radius 1 is 1.27 bits per heavy atom. The molecule has 0 radical (unpaired) electrons. The summed E-state index contributed by atoms with van der Waals surface area (Å²) in [6.45, 7) is 2.88. The van der Waals surface area contributed by atoms with Crippen molar-refractivity contribution in [3.05, 3.63) is 24.3 Å². The van der Waals surface area contributed by atoms with E-state index >= 15 is 0 Å². The monoisotopic (exact) mass is 407 g/mol. The number of ether oxygens (including phenoxy) is 2. The Labute approximate surface area is 157 Å². The number of benzene rings is 1. The van der Waals surface area contributed by atoms with Crippen molar-refractivity contribution >= 4 is 27.8 Å². The van der Waals surface area contributed by atoms with Gasteiger partial charge in [0.25, 0.3) is 0 Å². The second kappa shape index (κ2) is 9.56. The SMILES string of the molecule is COC(=O)[C@H](NS(=O)(=O)c1ccc(OC)cc1)C(C)(C)SCC(O)CO. The maximum absolute atomic E-state index is 12.6. The minimum atomic E-state index is -4.00. The van der Waals surface area contributed by atoms with Crippen LogP contribution in [0.25, 0.3) is 0 Å². The Hall–Kier alpha value is -1.33. The lowest BCUT2D eigenvalue weighted by atomic mass is 10.0. The predicted molar refractivity (Wildman–Crippen MR) is 98.7 cm³/mol. The van der Waals surface area contributed by atoms with Crippen molar-refractivity contribution in [2.75, 3.05) is 26.6 Å². The van der Waals surface area contributed by atoms with Crippen molar-refractivity contribution < 1.29 is 32.9 Å². The van der Waals surface area contributed by atoms with E-state index < -0.39 is 39.5 Å². The zero-order chi connectivity index (χ0) is 20.0. The van der Waals surface area contributed by atoms with E-state index in [2.05, 4.69) is 4.72 Å². The first-order valence-corrected chi connectivity index (χ1v) is 10.2. The van der Waals surface area contributed by atoms with Crippen molar-refractivity contribution in [2.24, 2.45) is 0 Å². The van der Waals surface area contributed by atoms with Crippen molar-refractivity contribution in [2.45, 2.75) is 35.6 Å². The Kier molecular flexibility index (Phi) is 8.35. The highest BCUT2D eigenvalue weighted by atomic mass is 32.2. The average Bonchev–Trinajstić information content (AvgIpc) is 2.63. The number of nitrogens with one attached hydrogen (secondary N) is 1. The highest BCUT2D eigenvalue weighted by molar-refractivity contribution is 8.00. The Morgan fingerprint density at radius 3 is 2.31 bits per heavy atom. The number of aliphatic hydroxyl groups excluding tert-OH is 2. The molecule has 1 unspecified atom stereocenters. The van der Waals surface area contributed by atoms with Crippen LogP contribution in [0.3, 0.4) is 0 Å². The molecule has 0 aliphatic rings. The summed E-state index contributed by atoms with van der Waals surface area (Å²) >= 11 is 1.15. The van der Waals surface area contributed by atoms with Crippen LogP contribution >= 0.6 is 11.8 Å². The summed E-state index contributed by atoms with van der Waals surface area (Å²) in [6.07, 6.45) is -0.976. The van der Waals surface area contributed by atoms with Crippen LogP contribution in [-0.2, 0) is 19.6 Å². The maximum atomic E-state index is 12.6. The molecule has 1 aromatic rings. The summed E-state index contributed by atoms with van der Waals surface area (Å²) < 4.78 is 36.5. The first-order valence-electron chi connectivity index (χ1n) is 7.74. The van der Waals surface area contributed by atoms with Gasteiger partial charge in [-0.25, -0.2) is 8.42 Å². The fourth-order valence-electron chi connectivity index (χ4n) is 2.02. The average molecular weight is 408 g/mol. The van der Waals surface area contributed by atoms with Crippen LogP contribution < -0.4 is 9.46 Å². The number of rotatable bonds is 10. The molecule has 0 bridgehead atoms. The van der Waals surface area contributed by atoms with E-state index in [1.807, 2.05) is 0 Å². The standard InChI is InChI=1S/C16H25NO7S2/c1-16(2,25-10-11(19)9-18)14(15(20)24-4)17-26(21,22)13-7-5-12(23-3)6-8-13/h5-8,11,14,17-19H,9-10H2,1-4H3/t11?,14-/m0/s1. The molecule has 8 nitrogen and oxygen atoms in total. The van der Waals surface area contributed by atoms with E-state index in [0.717, 1.165) is 11.8 Å². The molecule has 0 heterocycles. The first kappa shape index (κ1) is 22.7. The molecule has 2 atom stereocenters. The Balaban J connectivity index is 3.06. The lowest BCUT2D eigenvalue weighted by Crippen LogP contribution is -2.53. The van der Waals surface area contributed by atoms with Gasteiger partial charge < -0.3 is 19.7 Å². The number of hydrogen-bond acceptors (Lipinski definition) is 8. The third-order valence-corrected chi connectivity index (χ3v) is 6.60. The Bertz CT molecular complexity index is 689. The molecule has 0 amide bonds. The number of carbonyl (C=O) groups is 1. The van der Waals surface area contributed by atoms with Gasteiger partial charge in [-0.2, -0.15) is 16.5 Å². The topological polar surface area (TPSA) is 122 Å². The second-order valence-corrected chi connectivity index (χ2v) is 9.39. The largest absolute Gasteiger partial charge is 0.497 e. The number of sulfonamides is 1. The van der Waals surface area contributed by atoms with Crippen LogP contribution in [0.15, 0.2) is 29.2 Å². The van der Waals surface area contributed by atoms with Crippen LogP contribution in [0.1, 0.15) is 13.8 Å². The van der Waals surface area contributed by atoms with Crippen LogP contribution in [0.5, 0.6) is 5.75 Å². The number of esters is 1. The zero-order valence-corrected chi connectivity index (χ0v) is 16.8. The number of aliphatic hydroxyl groups is 2. The van der Waals surface area contributed by atoms with Gasteiger partial charge in [-0.05, 0) is 38.1 Å². The summed E-state index contributed by atoms with van der Waals surface area (Å²) in [7, 11) is -1.36. The summed E-state index contributed by atoms with van der Waals surface area (Å²) in [5.41, 5.74) is 0. The molecule has 0 spiro atoms. The van der Waals surface area contributed by atoms with E-state index in [1.54, 1.807) is 13.8 Å². The van der Waals surface area contributed by atoms with Crippen LogP contribution in [0.4, 0.5) is 0 Å². The Morgan fingerprint density at radius 2 is 1.85 bits per heavy atom. The summed E-state index contributed by atoms with van der Waals surface area (Å²) in [5, 5.41) is 18.4. The number of methoxy groups -OCH3 is 2. The van der Waals surface area contributed by atoms with Gasteiger partial charge in [0.1, 0.15) is 11.8 Å². The molecule has 26 heavy (non-hydrogen) atoms. The lowest BCUT2D eigenvalue weighted by Gasteiger charge is -2.32. The van der Waals surface area contributed by atoms with E-state index in [4.69, 9.17) is 14.6 Å². The molecular formula is C16H25NO7S2. The quantitative estimate of drug-likeness (QED) is 0.476. The molecule has 1 aromatic carbocycles. The molecule has 1 rings (SSSR count). The molecule has 0 aliphatic carbocycles. The lowest BCUT2D eigenvalue weighted by molar-refractivity contribution is -0.143. The molecule has 148 valence electrons. The molecule has 3 N–H and O–H groups in total. The summed E-state index contributed by atoms with van der Waals surface area (Å²) in [4.78, 5) is 12.2. The molecule has 0 saturated heterocycles. The maximum Gasteiger partial charge on any atom is 0.325 e. The van der Waals surface area contributed by atoms with E-state index in [1.165, 1.54) is 38.5 Å². The smallest absolute Gasteiger partial charge is 0.325 e. The molecule has 0 aromatic heterocycles. The molecule has 10 heteroatoms. The van der Waals surface area contributed by atoms with Gasteiger partial charge in [0.2, 0.25) is 10.0 Å². The number of carbonyl (C=O) groups excluding carboxylic acids is 1. The van der Waals surface area contributed by atoms with E-state index in [-0.39, 0.29) is 10.6 Å². The van der Waals surface area contributed by atoms with Gasteiger partial charge in [-0.3, -0.25) is 4.79 Å². The minimum Gasteiger partial charge on any atom is -0.497 e. The van der Waals surface area contributed by atoms with Crippen LogP contribution in [0, 0.1) is 0 Å². The fraction of sp³-hybridized carbons (Fsp3) is 0.562. The third kappa shape index (κ3) is 6.13. The van der Waals surface area contributed by atoms with Gasteiger partial charge >= 0.3 is 5.97 Å². The number of thioether (sulfide) groups is 1. The van der Waals surface area contributed by atoms with Gasteiger partial charge in [0, 0.05) is 10.5 Å². The zero-order valence-electron chi connectivity index (χ0n) is 15.1. The van der Waals surface area contributed by atoms with Gasteiger partial charge in [0.15, 0.2) is 0 Å². The molecule has 0 saturated carbocycles. The molecule has 0 fully saturated rings. The molecule has 0 aliphatic heterocycles. The van der Waals surface area contributed by atoms with Gasteiger partial charge in [-0.1, -0.05) is 0 Å². The van der Waals surface area contributed by atoms with Crippen LogP contribution in [0.2, 0.25) is 0 Å². The van der Waals surface area contributed by atoms with Crippen LogP contribution in [-0.4, -0.2) is 68.1 Å². The highest BCUT2D eigenvalue weighted by Gasteiger charge is 2.40. The predicted octanol–water partition coefficient (Wildman–Crippen LogP) is 0.380. The number of hydrogen-bond donors (Lipinski definition) is 3. The van der Waals surface area contributed by atoms with Crippen molar-refractivity contribution in [3.8, 4) is 5.75 Å². The highest BCUT2D eigenvalue weighted by Crippen LogP contribution is 2.30.